The highest BCUT2D eigenvalue weighted by Gasteiger charge is 2.33. The molecule has 0 saturated carbocycles. The van der Waals surface area contributed by atoms with Crippen LogP contribution in [0.3, 0.4) is 0 Å². The normalized spacial score (nSPS) is 23.9. The molecule has 3 rings (SSSR count). The molecule has 2 atom stereocenters. The maximum atomic E-state index is 12.5. The minimum atomic E-state index is -0.498. The summed E-state index contributed by atoms with van der Waals surface area (Å²) in [7, 11) is 0. The summed E-state index contributed by atoms with van der Waals surface area (Å²) in [5.74, 6) is 0.283. The first-order chi connectivity index (χ1) is 10.1. The van der Waals surface area contributed by atoms with E-state index in [-0.39, 0.29) is 11.7 Å². The molecular weight excluding hydrogens is 266 g/mol. The molecule has 2 fully saturated rings. The van der Waals surface area contributed by atoms with Crippen LogP contribution in [-0.2, 0) is 11.2 Å². The van der Waals surface area contributed by atoms with E-state index < -0.39 is 6.04 Å². The Morgan fingerprint density at radius 1 is 1.29 bits per heavy atom. The van der Waals surface area contributed by atoms with E-state index in [2.05, 4.69) is 4.90 Å². The molecule has 5 nitrogen and oxygen atoms in total. The second-order valence-corrected chi connectivity index (χ2v) is 6.09. The third-order valence-corrected chi connectivity index (χ3v) is 4.61. The van der Waals surface area contributed by atoms with E-state index in [0.29, 0.717) is 12.5 Å². The second-order valence-electron chi connectivity index (χ2n) is 6.09. The Hall–Kier alpha value is -1.59. The number of nitrogens with zero attached hydrogens (tertiary/aromatic N) is 2. The summed E-state index contributed by atoms with van der Waals surface area (Å²) in [5, 5.41) is 9.28. The Balaban J connectivity index is 1.58. The second kappa shape index (κ2) is 6.03. The molecule has 1 amide bonds. The predicted molar refractivity (Wildman–Crippen MR) is 81.0 cm³/mol. The molecule has 2 heterocycles. The number of amides is 1. The van der Waals surface area contributed by atoms with Crippen LogP contribution in [0.4, 0.5) is 0 Å². The van der Waals surface area contributed by atoms with Gasteiger partial charge in [0.1, 0.15) is 5.75 Å². The number of phenols is 1. The SMILES string of the molecule is N[C@@H](Cc1ccc(O)cc1)C(=O)N1CCN2CCCC2C1. The van der Waals surface area contributed by atoms with Crippen LogP contribution in [0.15, 0.2) is 24.3 Å². The van der Waals surface area contributed by atoms with Crippen molar-refractivity contribution in [2.24, 2.45) is 5.73 Å². The number of nitrogens with two attached hydrogens (primary N) is 1. The van der Waals surface area contributed by atoms with Crippen LogP contribution in [0.25, 0.3) is 0 Å². The molecule has 0 radical (unpaired) electrons. The average Bonchev–Trinajstić information content (AvgIpc) is 2.96. The molecule has 1 unspecified atom stereocenters. The summed E-state index contributed by atoms with van der Waals surface area (Å²) in [4.78, 5) is 16.9. The molecule has 5 heteroatoms. The number of phenolic OH excluding ortho intramolecular Hbond substituents is 1. The van der Waals surface area contributed by atoms with Gasteiger partial charge in [0.05, 0.1) is 6.04 Å². The summed E-state index contributed by atoms with van der Waals surface area (Å²) in [6.07, 6.45) is 2.95. The molecule has 1 aromatic rings. The van der Waals surface area contributed by atoms with Crippen LogP contribution < -0.4 is 5.73 Å². The van der Waals surface area contributed by atoms with E-state index in [9.17, 15) is 9.90 Å². The zero-order valence-corrected chi connectivity index (χ0v) is 12.2. The number of fused-ring (bicyclic) bond motifs is 1. The number of piperazine rings is 1. The Bertz CT molecular complexity index is 503. The molecule has 114 valence electrons. The fourth-order valence-corrected chi connectivity index (χ4v) is 3.40. The molecule has 2 aliphatic heterocycles. The first-order valence-corrected chi connectivity index (χ1v) is 7.70. The summed E-state index contributed by atoms with van der Waals surface area (Å²) in [5.41, 5.74) is 7.07. The molecule has 21 heavy (non-hydrogen) atoms. The minimum absolute atomic E-state index is 0.0506. The van der Waals surface area contributed by atoms with Crippen molar-refractivity contribution in [3.8, 4) is 5.75 Å². The molecule has 1 aromatic carbocycles. The summed E-state index contributed by atoms with van der Waals surface area (Å²) in [6.45, 7) is 3.76. The number of carbonyl (C=O) groups excluding carboxylic acids is 1. The van der Waals surface area contributed by atoms with Crippen molar-refractivity contribution in [1.82, 2.24) is 9.80 Å². The predicted octanol–water partition coefficient (Wildman–Crippen LogP) is 0.569. The Morgan fingerprint density at radius 2 is 2.05 bits per heavy atom. The van der Waals surface area contributed by atoms with Crippen LogP contribution in [-0.4, -0.2) is 59.1 Å². The highest BCUT2D eigenvalue weighted by atomic mass is 16.3. The maximum Gasteiger partial charge on any atom is 0.239 e. The smallest absolute Gasteiger partial charge is 0.239 e. The van der Waals surface area contributed by atoms with Gasteiger partial charge >= 0.3 is 0 Å². The minimum Gasteiger partial charge on any atom is -0.508 e. The summed E-state index contributed by atoms with van der Waals surface area (Å²) in [6, 6.07) is 6.92. The van der Waals surface area contributed by atoms with Gasteiger partial charge in [0.2, 0.25) is 5.91 Å². The van der Waals surface area contributed by atoms with Gasteiger partial charge in [-0.25, -0.2) is 0 Å². The monoisotopic (exact) mass is 289 g/mol. The highest BCUT2D eigenvalue weighted by molar-refractivity contribution is 5.82. The summed E-state index contributed by atoms with van der Waals surface area (Å²) < 4.78 is 0. The highest BCUT2D eigenvalue weighted by Crippen LogP contribution is 2.22. The van der Waals surface area contributed by atoms with Crippen molar-refractivity contribution in [3.05, 3.63) is 29.8 Å². The number of aromatic hydroxyl groups is 1. The Kier molecular flexibility index (Phi) is 4.12. The molecule has 0 aromatic heterocycles. The van der Waals surface area contributed by atoms with Gasteiger partial charge in [0.15, 0.2) is 0 Å². The fraction of sp³-hybridized carbons (Fsp3) is 0.562. The summed E-state index contributed by atoms with van der Waals surface area (Å²) >= 11 is 0. The fourth-order valence-electron chi connectivity index (χ4n) is 3.40. The van der Waals surface area contributed by atoms with Gasteiger partial charge in [0.25, 0.3) is 0 Å². The van der Waals surface area contributed by atoms with E-state index in [1.54, 1.807) is 12.1 Å². The van der Waals surface area contributed by atoms with Crippen molar-refractivity contribution in [2.45, 2.75) is 31.3 Å². The van der Waals surface area contributed by atoms with Gasteiger partial charge in [-0.05, 0) is 43.5 Å². The Labute approximate surface area is 125 Å². The third kappa shape index (κ3) is 3.19. The van der Waals surface area contributed by atoms with Crippen molar-refractivity contribution in [1.29, 1.82) is 0 Å². The van der Waals surface area contributed by atoms with E-state index in [1.807, 2.05) is 17.0 Å². The number of hydrogen-bond acceptors (Lipinski definition) is 4. The van der Waals surface area contributed by atoms with Gasteiger partial charge in [-0.2, -0.15) is 0 Å². The molecule has 3 N–H and O–H groups in total. The zero-order valence-electron chi connectivity index (χ0n) is 12.2. The third-order valence-electron chi connectivity index (χ3n) is 4.61. The van der Waals surface area contributed by atoms with Crippen LogP contribution in [0.5, 0.6) is 5.75 Å². The maximum absolute atomic E-state index is 12.5. The number of carbonyl (C=O) groups is 1. The quantitative estimate of drug-likeness (QED) is 0.853. The van der Waals surface area contributed by atoms with E-state index in [0.717, 1.165) is 25.2 Å². The van der Waals surface area contributed by atoms with Gasteiger partial charge < -0.3 is 15.7 Å². The standard InChI is InChI=1S/C16H23N3O2/c17-15(10-12-3-5-14(20)6-4-12)16(21)19-9-8-18-7-1-2-13(18)11-19/h3-6,13,15,20H,1-2,7-11,17H2/t13?,15-/m0/s1. The van der Waals surface area contributed by atoms with Crippen molar-refractivity contribution < 1.29 is 9.90 Å². The van der Waals surface area contributed by atoms with Crippen molar-refractivity contribution in [3.63, 3.8) is 0 Å². The number of benzene rings is 1. The van der Waals surface area contributed by atoms with E-state index in [1.165, 1.54) is 19.4 Å². The Morgan fingerprint density at radius 3 is 2.81 bits per heavy atom. The average molecular weight is 289 g/mol. The van der Waals surface area contributed by atoms with Gasteiger partial charge in [-0.15, -0.1) is 0 Å². The largest absolute Gasteiger partial charge is 0.508 e. The van der Waals surface area contributed by atoms with Crippen molar-refractivity contribution in [2.75, 3.05) is 26.2 Å². The van der Waals surface area contributed by atoms with Gasteiger partial charge in [-0.3, -0.25) is 9.69 Å². The van der Waals surface area contributed by atoms with E-state index in [4.69, 9.17) is 5.73 Å². The molecule has 0 aliphatic carbocycles. The number of hydrogen-bond donors (Lipinski definition) is 2. The lowest BCUT2D eigenvalue weighted by atomic mass is 10.0. The molecule has 0 bridgehead atoms. The molecular formula is C16H23N3O2. The first kappa shape index (κ1) is 14.4. The topological polar surface area (TPSA) is 69.8 Å². The number of rotatable bonds is 3. The lowest BCUT2D eigenvalue weighted by molar-refractivity contribution is -0.135. The molecule has 2 aliphatic rings. The van der Waals surface area contributed by atoms with Crippen LogP contribution >= 0.6 is 0 Å². The first-order valence-electron chi connectivity index (χ1n) is 7.70. The van der Waals surface area contributed by atoms with Crippen LogP contribution in [0.2, 0.25) is 0 Å². The molecule has 2 saturated heterocycles. The van der Waals surface area contributed by atoms with Gasteiger partial charge in [0, 0.05) is 25.7 Å². The molecule has 0 spiro atoms. The van der Waals surface area contributed by atoms with Crippen molar-refractivity contribution >= 4 is 5.91 Å². The van der Waals surface area contributed by atoms with Crippen LogP contribution in [0, 0.1) is 0 Å². The van der Waals surface area contributed by atoms with E-state index >= 15 is 0 Å². The zero-order chi connectivity index (χ0) is 14.8. The van der Waals surface area contributed by atoms with Crippen LogP contribution in [0.1, 0.15) is 18.4 Å². The lowest BCUT2D eigenvalue weighted by Crippen LogP contribution is -2.56. The van der Waals surface area contributed by atoms with Gasteiger partial charge in [-0.1, -0.05) is 12.1 Å². The lowest BCUT2D eigenvalue weighted by Gasteiger charge is -2.38.